The third-order valence-electron chi connectivity index (χ3n) is 4.20. The number of carbonyl (C=O) groups is 1. The zero-order chi connectivity index (χ0) is 19.1. The summed E-state index contributed by atoms with van der Waals surface area (Å²) >= 11 is 0. The van der Waals surface area contributed by atoms with Crippen molar-refractivity contribution in [3.8, 4) is 5.75 Å². The highest BCUT2D eigenvalue weighted by atomic mass is 19.1. The summed E-state index contributed by atoms with van der Waals surface area (Å²) in [6.07, 6.45) is 0. The number of carbonyl (C=O) groups excluding carboxylic acids is 1. The lowest BCUT2D eigenvalue weighted by Crippen LogP contribution is -2.80. The maximum Gasteiger partial charge on any atom is 0.129 e. The maximum atomic E-state index is 13.6. The van der Waals surface area contributed by atoms with Crippen LogP contribution in [-0.2, 0) is 19.7 Å². The summed E-state index contributed by atoms with van der Waals surface area (Å²) in [6, 6.07) is 21.0. The molecule has 0 saturated carbocycles. The number of quaternary nitrogens is 1. The molecule has 0 heterocycles. The number of aromatic carboxylic acids is 1. The van der Waals surface area contributed by atoms with Gasteiger partial charge in [-0.05, 0) is 23.8 Å². The molecule has 4 nitrogen and oxygen atoms in total. The Hall–Kier alpha value is -3.18. The van der Waals surface area contributed by atoms with Crippen molar-refractivity contribution in [2.75, 3.05) is 0 Å². The Morgan fingerprint density at radius 3 is 2.41 bits per heavy atom. The van der Waals surface area contributed by atoms with Gasteiger partial charge in [0.25, 0.3) is 0 Å². The van der Waals surface area contributed by atoms with Gasteiger partial charge >= 0.3 is 0 Å². The van der Waals surface area contributed by atoms with Crippen LogP contribution in [0.25, 0.3) is 0 Å². The average Bonchev–Trinajstić information content (AvgIpc) is 2.68. The molecule has 0 radical (unpaired) electrons. The monoisotopic (exact) mass is 365 g/mol. The highest BCUT2D eigenvalue weighted by Gasteiger charge is 2.04. The predicted molar refractivity (Wildman–Crippen MR) is 97.3 cm³/mol. The summed E-state index contributed by atoms with van der Waals surface area (Å²) in [6.45, 7) is 1.66. The van der Waals surface area contributed by atoms with E-state index in [0.717, 1.165) is 24.2 Å². The quantitative estimate of drug-likeness (QED) is 0.664. The van der Waals surface area contributed by atoms with E-state index in [1.165, 1.54) is 6.07 Å². The Balaban J connectivity index is 1.51. The topological polar surface area (TPSA) is 66.0 Å². The molecule has 3 aromatic rings. The first kappa shape index (κ1) is 18.6. The first-order valence-electron chi connectivity index (χ1n) is 8.69. The van der Waals surface area contributed by atoms with E-state index in [-0.39, 0.29) is 18.0 Å². The lowest BCUT2D eigenvalue weighted by Gasteiger charge is -2.09. The third kappa shape index (κ3) is 5.39. The molecule has 3 aromatic carbocycles. The number of nitrogens with two attached hydrogens (primary N) is 1. The van der Waals surface area contributed by atoms with E-state index < -0.39 is 5.97 Å². The lowest BCUT2D eigenvalue weighted by molar-refractivity contribution is -0.686. The number of hydrogen-bond donors (Lipinski definition) is 1. The minimum Gasteiger partial charge on any atom is -0.545 e. The van der Waals surface area contributed by atoms with Crippen molar-refractivity contribution in [3.05, 3.63) is 101 Å². The van der Waals surface area contributed by atoms with E-state index in [4.69, 9.17) is 4.74 Å². The van der Waals surface area contributed by atoms with Crippen molar-refractivity contribution in [1.82, 2.24) is 0 Å². The van der Waals surface area contributed by atoms with Gasteiger partial charge in [0.2, 0.25) is 0 Å². The number of rotatable bonds is 8. The van der Waals surface area contributed by atoms with Gasteiger partial charge in [0.05, 0.1) is 5.97 Å². The number of carboxylic acids is 1. The highest BCUT2D eigenvalue weighted by Crippen LogP contribution is 2.16. The van der Waals surface area contributed by atoms with Crippen LogP contribution in [0, 0.1) is 5.82 Å². The molecule has 27 heavy (non-hydrogen) atoms. The number of carboxylic acid groups (broad SMARTS) is 1. The van der Waals surface area contributed by atoms with E-state index in [0.29, 0.717) is 11.3 Å². The molecule has 0 saturated heterocycles. The molecule has 0 amide bonds. The molecule has 0 bridgehead atoms. The normalized spacial score (nSPS) is 10.6. The number of halogens is 1. The Morgan fingerprint density at radius 1 is 0.926 bits per heavy atom. The molecule has 0 aromatic heterocycles. The van der Waals surface area contributed by atoms with Crippen molar-refractivity contribution >= 4 is 5.97 Å². The predicted octanol–water partition coefficient (Wildman–Crippen LogP) is 2.03. The van der Waals surface area contributed by atoms with Crippen molar-refractivity contribution in [1.29, 1.82) is 0 Å². The second-order valence-corrected chi connectivity index (χ2v) is 6.21. The molecule has 2 N–H and O–H groups in total. The van der Waals surface area contributed by atoms with Gasteiger partial charge in [0.15, 0.2) is 0 Å². The van der Waals surface area contributed by atoms with Gasteiger partial charge in [-0.2, -0.15) is 0 Å². The minimum atomic E-state index is -1.17. The molecule has 3 rings (SSSR count). The summed E-state index contributed by atoms with van der Waals surface area (Å²) in [7, 11) is 0. The largest absolute Gasteiger partial charge is 0.545 e. The molecule has 0 aliphatic carbocycles. The Kier molecular flexibility index (Phi) is 6.18. The molecule has 0 aliphatic rings. The van der Waals surface area contributed by atoms with Crippen LogP contribution in [0.3, 0.4) is 0 Å². The Morgan fingerprint density at radius 2 is 1.67 bits per heavy atom. The standard InChI is InChI=1S/C22H20FNO3/c23-21-7-2-1-5-19(21)15-27-20-6-3-4-17(12-20)14-24-13-16-8-10-18(11-9-16)22(25)26/h1-12,24H,13-15H2,(H,25,26). The number of benzene rings is 3. The Labute approximate surface area is 157 Å². The first-order chi connectivity index (χ1) is 13.1. The summed E-state index contributed by atoms with van der Waals surface area (Å²) in [5, 5.41) is 12.9. The van der Waals surface area contributed by atoms with Gasteiger partial charge in [-0.1, -0.05) is 54.6 Å². The van der Waals surface area contributed by atoms with Crippen molar-refractivity contribution in [3.63, 3.8) is 0 Å². The van der Waals surface area contributed by atoms with E-state index in [1.54, 1.807) is 42.5 Å². The van der Waals surface area contributed by atoms with E-state index in [2.05, 4.69) is 5.32 Å². The van der Waals surface area contributed by atoms with E-state index in [1.807, 2.05) is 24.3 Å². The molecule has 0 atom stereocenters. The minimum absolute atomic E-state index is 0.179. The van der Waals surface area contributed by atoms with Gasteiger partial charge < -0.3 is 20.0 Å². The maximum absolute atomic E-state index is 13.6. The molecule has 0 aliphatic heterocycles. The fourth-order valence-electron chi connectivity index (χ4n) is 2.72. The van der Waals surface area contributed by atoms with Crippen molar-refractivity contribution in [2.24, 2.45) is 0 Å². The van der Waals surface area contributed by atoms with Crippen molar-refractivity contribution in [2.45, 2.75) is 19.7 Å². The molecule has 0 fully saturated rings. The summed E-state index contributed by atoms with van der Waals surface area (Å²) in [5.41, 5.74) is 2.83. The third-order valence-corrected chi connectivity index (χ3v) is 4.20. The van der Waals surface area contributed by atoms with E-state index >= 15 is 0 Å². The second kappa shape index (κ2) is 8.96. The molecule has 0 unspecified atom stereocenters. The van der Waals surface area contributed by atoms with Gasteiger partial charge in [0.1, 0.15) is 31.3 Å². The summed E-state index contributed by atoms with van der Waals surface area (Å²) in [4.78, 5) is 10.8. The number of hydrogen-bond acceptors (Lipinski definition) is 3. The molecular weight excluding hydrogens is 345 g/mol. The smallest absolute Gasteiger partial charge is 0.129 e. The van der Waals surface area contributed by atoms with Crippen LogP contribution in [0.2, 0.25) is 0 Å². The fraction of sp³-hybridized carbons (Fsp3) is 0.136. The summed E-state index contributed by atoms with van der Waals surface area (Å²) in [5.74, 6) is -0.744. The molecule has 0 spiro atoms. The first-order valence-corrected chi connectivity index (χ1v) is 8.69. The highest BCUT2D eigenvalue weighted by molar-refractivity contribution is 5.85. The molecular formula is C22H20FNO3. The molecule has 5 heteroatoms. The van der Waals surface area contributed by atoms with Crippen LogP contribution < -0.4 is 15.2 Å². The van der Waals surface area contributed by atoms with Gasteiger partial charge in [-0.15, -0.1) is 0 Å². The van der Waals surface area contributed by atoms with E-state index in [9.17, 15) is 14.3 Å². The van der Waals surface area contributed by atoms with Crippen LogP contribution in [0.4, 0.5) is 4.39 Å². The zero-order valence-electron chi connectivity index (χ0n) is 14.7. The van der Waals surface area contributed by atoms with Crippen LogP contribution in [0.15, 0.2) is 72.8 Å². The van der Waals surface area contributed by atoms with Crippen LogP contribution >= 0.6 is 0 Å². The summed E-state index contributed by atoms with van der Waals surface area (Å²) < 4.78 is 19.3. The number of ether oxygens (including phenoxy) is 1. The Bertz CT molecular complexity index is 909. The van der Waals surface area contributed by atoms with Crippen LogP contribution in [0.1, 0.15) is 27.0 Å². The molecule has 138 valence electrons. The van der Waals surface area contributed by atoms with Crippen LogP contribution in [-0.4, -0.2) is 5.97 Å². The second-order valence-electron chi connectivity index (χ2n) is 6.21. The van der Waals surface area contributed by atoms with Gasteiger partial charge in [-0.25, -0.2) is 4.39 Å². The van der Waals surface area contributed by atoms with Crippen LogP contribution in [0.5, 0.6) is 5.75 Å². The fourth-order valence-corrected chi connectivity index (χ4v) is 2.72. The average molecular weight is 365 g/mol. The van der Waals surface area contributed by atoms with Gasteiger partial charge in [-0.3, -0.25) is 0 Å². The zero-order valence-corrected chi connectivity index (χ0v) is 14.7. The van der Waals surface area contributed by atoms with Crippen molar-refractivity contribution < 1.29 is 24.3 Å². The lowest BCUT2D eigenvalue weighted by atomic mass is 10.1. The SMILES string of the molecule is O=C([O-])c1ccc(C[NH2+]Cc2cccc(OCc3ccccc3F)c2)cc1. The van der Waals surface area contributed by atoms with Gasteiger partial charge in [0, 0.05) is 16.7 Å².